The van der Waals surface area contributed by atoms with E-state index in [0.29, 0.717) is 18.2 Å². The Morgan fingerprint density at radius 1 is 1.45 bits per heavy atom. The standard InChI is InChI=1S/C17H28N2OS.ClH/c1-14(18)15-7-5-11-19(13-15)17(20)10-4-2-3-8-16-9-6-12-21-16;/h6,9,12,14-15H,2-5,7-8,10-11,13,18H2,1H3;1H. The van der Waals surface area contributed by atoms with Gasteiger partial charge < -0.3 is 10.6 Å². The molecule has 1 aromatic rings. The number of halogens is 1. The van der Waals surface area contributed by atoms with Crippen LogP contribution in [-0.4, -0.2) is 29.9 Å². The Morgan fingerprint density at radius 2 is 2.27 bits per heavy atom. The molecule has 2 N–H and O–H groups in total. The minimum atomic E-state index is 0. The van der Waals surface area contributed by atoms with Gasteiger partial charge in [-0.25, -0.2) is 0 Å². The van der Waals surface area contributed by atoms with E-state index in [0.717, 1.165) is 38.8 Å². The van der Waals surface area contributed by atoms with Crippen molar-refractivity contribution in [3.63, 3.8) is 0 Å². The average molecular weight is 345 g/mol. The van der Waals surface area contributed by atoms with Gasteiger partial charge in [-0.05, 0) is 56.4 Å². The number of aryl methyl sites for hydroxylation is 1. The molecule has 2 heterocycles. The van der Waals surface area contributed by atoms with Crippen molar-refractivity contribution in [2.45, 2.75) is 57.9 Å². The number of likely N-dealkylation sites (tertiary alicyclic amines) is 1. The number of hydrogen-bond acceptors (Lipinski definition) is 3. The normalized spacial score (nSPS) is 19.5. The van der Waals surface area contributed by atoms with Crippen molar-refractivity contribution in [1.29, 1.82) is 0 Å². The van der Waals surface area contributed by atoms with Gasteiger partial charge in [-0.3, -0.25) is 4.79 Å². The van der Waals surface area contributed by atoms with Crippen molar-refractivity contribution >= 4 is 29.7 Å². The van der Waals surface area contributed by atoms with E-state index in [9.17, 15) is 4.79 Å². The first-order valence-electron chi connectivity index (χ1n) is 8.22. The fourth-order valence-corrected chi connectivity index (χ4v) is 3.78. The van der Waals surface area contributed by atoms with E-state index in [1.54, 1.807) is 0 Å². The molecule has 1 saturated heterocycles. The number of thiophene rings is 1. The molecule has 0 radical (unpaired) electrons. The number of unbranched alkanes of at least 4 members (excludes halogenated alkanes) is 2. The molecule has 2 unspecified atom stereocenters. The molecule has 1 aromatic heterocycles. The zero-order chi connectivity index (χ0) is 15.1. The summed E-state index contributed by atoms with van der Waals surface area (Å²) in [6.07, 6.45) is 7.49. The molecule has 0 bridgehead atoms. The SMILES string of the molecule is CC(N)C1CCCN(C(=O)CCCCCc2cccs2)C1.Cl. The van der Waals surface area contributed by atoms with Gasteiger partial charge in [0.15, 0.2) is 0 Å². The van der Waals surface area contributed by atoms with Gasteiger partial charge >= 0.3 is 0 Å². The fraction of sp³-hybridized carbons (Fsp3) is 0.706. The highest BCUT2D eigenvalue weighted by Crippen LogP contribution is 2.20. The van der Waals surface area contributed by atoms with Gasteiger partial charge in [-0.15, -0.1) is 23.7 Å². The molecule has 0 aromatic carbocycles. The summed E-state index contributed by atoms with van der Waals surface area (Å²) in [5.41, 5.74) is 5.98. The predicted octanol–water partition coefficient (Wildman–Crippen LogP) is 3.86. The zero-order valence-electron chi connectivity index (χ0n) is 13.5. The maximum Gasteiger partial charge on any atom is 0.222 e. The molecule has 126 valence electrons. The summed E-state index contributed by atoms with van der Waals surface area (Å²) < 4.78 is 0. The highest BCUT2D eigenvalue weighted by atomic mass is 35.5. The Morgan fingerprint density at radius 3 is 2.95 bits per heavy atom. The third-order valence-electron chi connectivity index (χ3n) is 4.45. The van der Waals surface area contributed by atoms with Crippen molar-refractivity contribution in [1.82, 2.24) is 4.90 Å². The molecule has 1 aliphatic rings. The predicted molar refractivity (Wildman–Crippen MR) is 96.7 cm³/mol. The lowest BCUT2D eigenvalue weighted by Gasteiger charge is -2.34. The van der Waals surface area contributed by atoms with E-state index < -0.39 is 0 Å². The summed E-state index contributed by atoms with van der Waals surface area (Å²) in [4.78, 5) is 15.7. The summed E-state index contributed by atoms with van der Waals surface area (Å²) in [5.74, 6) is 0.818. The van der Waals surface area contributed by atoms with Crippen LogP contribution in [0.15, 0.2) is 17.5 Å². The zero-order valence-corrected chi connectivity index (χ0v) is 15.1. The van der Waals surface area contributed by atoms with Crippen molar-refractivity contribution < 1.29 is 4.79 Å². The lowest BCUT2D eigenvalue weighted by Crippen LogP contribution is -2.44. The van der Waals surface area contributed by atoms with Crippen LogP contribution in [0.5, 0.6) is 0 Å². The lowest BCUT2D eigenvalue weighted by molar-refractivity contribution is -0.133. The van der Waals surface area contributed by atoms with E-state index in [4.69, 9.17) is 5.73 Å². The van der Waals surface area contributed by atoms with Gasteiger partial charge in [-0.2, -0.15) is 0 Å². The number of rotatable bonds is 7. The molecular formula is C17H29ClN2OS. The Balaban J connectivity index is 0.00000242. The van der Waals surface area contributed by atoms with E-state index in [-0.39, 0.29) is 18.4 Å². The maximum atomic E-state index is 12.2. The van der Waals surface area contributed by atoms with Gasteiger partial charge in [0, 0.05) is 30.4 Å². The first kappa shape index (κ1) is 19.5. The van der Waals surface area contributed by atoms with E-state index in [2.05, 4.69) is 24.4 Å². The van der Waals surface area contributed by atoms with Crippen LogP contribution in [0, 0.1) is 5.92 Å². The van der Waals surface area contributed by atoms with E-state index >= 15 is 0 Å². The molecule has 22 heavy (non-hydrogen) atoms. The Labute approximate surface area is 144 Å². The molecule has 0 saturated carbocycles. The fourth-order valence-electron chi connectivity index (χ4n) is 3.03. The van der Waals surface area contributed by atoms with Gasteiger partial charge in [0.05, 0.1) is 0 Å². The molecule has 2 rings (SSSR count). The minimum Gasteiger partial charge on any atom is -0.342 e. The Hall–Kier alpha value is -0.580. The van der Waals surface area contributed by atoms with Crippen LogP contribution in [0.3, 0.4) is 0 Å². The van der Waals surface area contributed by atoms with Crippen LogP contribution in [0.4, 0.5) is 0 Å². The average Bonchev–Trinajstić information content (AvgIpc) is 3.00. The third-order valence-corrected chi connectivity index (χ3v) is 5.38. The molecule has 3 nitrogen and oxygen atoms in total. The highest BCUT2D eigenvalue weighted by Gasteiger charge is 2.25. The largest absolute Gasteiger partial charge is 0.342 e. The highest BCUT2D eigenvalue weighted by molar-refractivity contribution is 7.09. The van der Waals surface area contributed by atoms with Crippen LogP contribution in [0.25, 0.3) is 0 Å². The van der Waals surface area contributed by atoms with E-state index in [1.165, 1.54) is 17.7 Å². The lowest BCUT2D eigenvalue weighted by atomic mass is 9.92. The van der Waals surface area contributed by atoms with Crippen molar-refractivity contribution in [2.24, 2.45) is 11.7 Å². The summed E-state index contributed by atoms with van der Waals surface area (Å²) in [5, 5.41) is 2.13. The Bertz CT molecular complexity index is 422. The number of nitrogens with two attached hydrogens (primary N) is 1. The second-order valence-electron chi connectivity index (χ2n) is 6.24. The van der Waals surface area contributed by atoms with Crippen molar-refractivity contribution in [3.05, 3.63) is 22.4 Å². The van der Waals surface area contributed by atoms with Gasteiger partial charge in [0.1, 0.15) is 0 Å². The molecule has 1 fully saturated rings. The first-order valence-corrected chi connectivity index (χ1v) is 9.10. The molecule has 1 aliphatic heterocycles. The summed E-state index contributed by atoms with van der Waals surface area (Å²) in [6, 6.07) is 4.50. The van der Waals surface area contributed by atoms with Crippen LogP contribution < -0.4 is 5.73 Å². The van der Waals surface area contributed by atoms with Crippen molar-refractivity contribution in [3.8, 4) is 0 Å². The summed E-state index contributed by atoms with van der Waals surface area (Å²) >= 11 is 1.83. The third kappa shape index (κ3) is 6.27. The molecule has 1 amide bonds. The first-order chi connectivity index (χ1) is 10.2. The number of carbonyl (C=O) groups is 1. The molecular weight excluding hydrogens is 316 g/mol. The van der Waals surface area contributed by atoms with Crippen molar-refractivity contribution in [2.75, 3.05) is 13.1 Å². The summed E-state index contributed by atoms with van der Waals surface area (Å²) in [7, 11) is 0. The number of hydrogen-bond donors (Lipinski definition) is 1. The van der Waals surface area contributed by atoms with Gasteiger partial charge in [0.2, 0.25) is 5.91 Å². The van der Waals surface area contributed by atoms with Gasteiger partial charge in [-0.1, -0.05) is 12.5 Å². The molecule has 0 spiro atoms. The van der Waals surface area contributed by atoms with Crippen LogP contribution in [-0.2, 0) is 11.2 Å². The molecule has 0 aliphatic carbocycles. The molecule has 5 heteroatoms. The van der Waals surface area contributed by atoms with Crippen LogP contribution >= 0.6 is 23.7 Å². The minimum absolute atomic E-state index is 0. The second kappa shape index (κ2) is 10.2. The maximum absolute atomic E-state index is 12.2. The smallest absolute Gasteiger partial charge is 0.222 e. The quantitative estimate of drug-likeness (QED) is 0.763. The number of nitrogens with zero attached hydrogens (tertiary/aromatic N) is 1. The topological polar surface area (TPSA) is 46.3 Å². The second-order valence-corrected chi connectivity index (χ2v) is 7.27. The summed E-state index contributed by atoms with van der Waals surface area (Å²) in [6.45, 7) is 3.85. The number of amides is 1. The molecule has 2 atom stereocenters. The number of carbonyl (C=O) groups excluding carboxylic acids is 1. The van der Waals surface area contributed by atoms with Crippen LogP contribution in [0.1, 0.15) is 50.3 Å². The van der Waals surface area contributed by atoms with E-state index in [1.807, 2.05) is 16.2 Å². The number of piperidine rings is 1. The Kier molecular flexibility index (Phi) is 9.06. The van der Waals surface area contributed by atoms with Gasteiger partial charge in [0.25, 0.3) is 0 Å². The monoisotopic (exact) mass is 344 g/mol. The van der Waals surface area contributed by atoms with Crippen LogP contribution in [0.2, 0.25) is 0 Å².